The van der Waals surface area contributed by atoms with E-state index in [0.717, 1.165) is 23.4 Å². The molecule has 1 aromatic rings. The lowest BCUT2D eigenvalue weighted by atomic mass is 10.1. The Bertz CT molecular complexity index is 403. The lowest BCUT2D eigenvalue weighted by molar-refractivity contribution is 1.30. The van der Waals surface area contributed by atoms with Gasteiger partial charge >= 0.3 is 0 Å². The van der Waals surface area contributed by atoms with E-state index in [4.69, 9.17) is 0 Å². The SMILES string of the molecule is C=CCC1=NNc2ccccc2C=C1. The second-order valence-corrected chi connectivity index (χ2v) is 3.13. The number of para-hydroxylation sites is 1. The van der Waals surface area contributed by atoms with Crippen molar-refractivity contribution in [3.8, 4) is 0 Å². The number of allylic oxidation sites excluding steroid dienone is 2. The summed E-state index contributed by atoms with van der Waals surface area (Å²) in [5, 5.41) is 4.26. The Labute approximate surface area is 83.7 Å². The van der Waals surface area contributed by atoms with Gasteiger partial charge in [-0.25, -0.2) is 0 Å². The van der Waals surface area contributed by atoms with Crippen molar-refractivity contribution in [3.63, 3.8) is 0 Å². The van der Waals surface area contributed by atoms with Crippen LogP contribution in [0.15, 0.2) is 48.1 Å². The first-order valence-electron chi connectivity index (χ1n) is 4.61. The highest BCUT2D eigenvalue weighted by Crippen LogP contribution is 2.19. The van der Waals surface area contributed by atoms with Crippen LogP contribution in [0.25, 0.3) is 6.08 Å². The fraction of sp³-hybridized carbons (Fsp3) is 0.0833. The molecule has 2 rings (SSSR count). The Hall–Kier alpha value is -1.83. The molecule has 0 spiro atoms. The third kappa shape index (κ3) is 1.74. The van der Waals surface area contributed by atoms with Crippen molar-refractivity contribution in [3.05, 3.63) is 48.6 Å². The summed E-state index contributed by atoms with van der Waals surface area (Å²) in [6, 6.07) is 8.09. The highest BCUT2D eigenvalue weighted by Gasteiger charge is 2.01. The average Bonchev–Trinajstić information content (AvgIpc) is 2.42. The van der Waals surface area contributed by atoms with Crippen molar-refractivity contribution in [2.24, 2.45) is 5.10 Å². The lowest BCUT2D eigenvalue weighted by Gasteiger charge is -2.01. The predicted octanol–water partition coefficient (Wildman–Crippen LogP) is 3.06. The van der Waals surface area contributed by atoms with Gasteiger partial charge in [0, 0.05) is 6.42 Å². The van der Waals surface area contributed by atoms with Crippen LogP contribution in [0.4, 0.5) is 5.69 Å². The standard InChI is InChI=1S/C12H12N2/c1-2-5-11-9-8-10-6-3-4-7-12(10)14-13-11/h2-4,6-9,14H,1,5H2. The molecule has 0 amide bonds. The molecule has 0 aromatic heterocycles. The summed E-state index contributed by atoms with van der Waals surface area (Å²) >= 11 is 0. The zero-order valence-corrected chi connectivity index (χ0v) is 7.90. The molecule has 1 heterocycles. The Morgan fingerprint density at radius 2 is 2.14 bits per heavy atom. The molecule has 1 aromatic carbocycles. The molecule has 0 saturated carbocycles. The van der Waals surface area contributed by atoms with Crippen molar-refractivity contribution in [2.75, 3.05) is 5.43 Å². The van der Waals surface area contributed by atoms with E-state index in [9.17, 15) is 0 Å². The van der Waals surface area contributed by atoms with Crippen LogP contribution in [0, 0.1) is 0 Å². The van der Waals surface area contributed by atoms with Gasteiger partial charge in [0.25, 0.3) is 0 Å². The molecule has 0 fully saturated rings. The lowest BCUT2D eigenvalue weighted by Crippen LogP contribution is -1.95. The fourth-order valence-electron chi connectivity index (χ4n) is 1.36. The second-order valence-electron chi connectivity index (χ2n) is 3.13. The number of hydrazone groups is 1. The van der Waals surface area contributed by atoms with Crippen molar-refractivity contribution in [1.29, 1.82) is 0 Å². The molecule has 0 aliphatic carbocycles. The fourth-order valence-corrected chi connectivity index (χ4v) is 1.36. The van der Waals surface area contributed by atoms with Gasteiger partial charge < -0.3 is 0 Å². The smallest absolute Gasteiger partial charge is 0.0644 e. The summed E-state index contributed by atoms with van der Waals surface area (Å²) in [5.74, 6) is 0. The maximum absolute atomic E-state index is 4.26. The number of fused-ring (bicyclic) bond motifs is 1. The summed E-state index contributed by atoms with van der Waals surface area (Å²) < 4.78 is 0. The van der Waals surface area contributed by atoms with E-state index < -0.39 is 0 Å². The first-order valence-corrected chi connectivity index (χ1v) is 4.61. The van der Waals surface area contributed by atoms with Crippen LogP contribution in [0.2, 0.25) is 0 Å². The Balaban J connectivity index is 2.31. The van der Waals surface area contributed by atoms with Crippen LogP contribution in [0.5, 0.6) is 0 Å². The molecule has 14 heavy (non-hydrogen) atoms. The molecule has 70 valence electrons. The van der Waals surface area contributed by atoms with E-state index in [1.54, 1.807) is 0 Å². The summed E-state index contributed by atoms with van der Waals surface area (Å²) in [6.45, 7) is 3.69. The molecule has 2 nitrogen and oxygen atoms in total. The van der Waals surface area contributed by atoms with Gasteiger partial charge in [0.15, 0.2) is 0 Å². The Kier molecular flexibility index (Phi) is 2.45. The third-order valence-electron chi connectivity index (χ3n) is 2.09. The maximum Gasteiger partial charge on any atom is 0.0644 e. The molecule has 1 aliphatic rings. The molecular weight excluding hydrogens is 172 g/mol. The Morgan fingerprint density at radius 3 is 3.00 bits per heavy atom. The number of rotatable bonds is 2. The number of anilines is 1. The van der Waals surface area contributed by atoms with Gasteiger partial charge in [-0.2, -0.15) is 5.10 Å². The van der Waals surface area contributed by atoms with Gasteiger partial charge in [0.05, 0.1) is 11.4 Å². The molecule has 1 aliphatic heterocycles. The minimum atomic E-state index is 0.789. The molecular formula is C12H12N2. The quantitative estimate of drug-likeness (QED) is 0.702. The maximum atomic E-state index is 4.26. The molecule has 0 bridgehead atoms. The van der Waals surface area contributed by atoms with E-state index in [1.807, 2.05) is 30.4 Å². The Morgan fingerprint density at radius 1 is 1.29 bits per heavy atom. The van der Waals surface area contributed by atoms with Gasteiger partial charge in [0.1, 0.15) is 0 Å². The normalized spacial score (nSPS) is 13.6. The van der Waals surface area contributed by atoms with Crippen molar-refractivity contribution in [2.45, 2.75) is 6.42 Å². The summed E-state index contributed by atoms with van der Waals surface area (Å²) in [5.41, 5.74) is 6.24. The van der Waals surface area contributed by atoms with Gasteiger partial charge in [-0.1, -0.05) is 30.4 Å². The molecule has 0 radical (unpaired) electrons. The summed E-state index contributed by atoms with van der Waals surface area (Å²) in [4.78, 5) is 0. The molecule has 0 atom stereocenters. The minimum absolute atomic E-state index is 0.789. The highest BCUT2D eigenvalue weighted by molar-refractivity contribution is 6.01. The van der Waals surface area contributed by atoms with Crippen molar-refractivity contribution >= 4 is 17.5 Å². The predicted molar refractivity (Wildman–Crippen MR) is 61.3 cm³/mol. The summed E-state index contributed by atoms with van der Waals surface area (Å²) in [7, 11) is 0. The number of hydrogen-bond donors (Lipinski definition) is 1. The van der Waals surface area contributed by atoms with Crippen LogP contribution < -0.4 is 5.43 Å². The van der Waals surface area contributed by atoms with Gasteiger partial charge in [-0.3, -0.25) is 5.43 Å². The van der Waals surface area contributed by atoms with Crippen LogP contribution in [-0.4, -0.2) is 5.71 Å². The van der Waals surface area contributed by atoms with Gasteiger partial charge in [-0.05, 0) is 17.7 Å². The zero-order chi connectivity index (χ0) is 9.80. The third-order valence-corrected chi connectivity index (χ3v) is 2.09. The monoisotopic (exact) mass is 184 g/mol. The number of benzene rings is 1. The van der Waals surface area contributed by atoms with E-state index in [0.29, 0.717) is 0 Å². The first-order chi connectivity index (χ1) is 6.90. The molecule has 0 unspecified atom stereocenters. The topological polar surface area (TPSA) is 24.4 Å². The molecule has 0 saturated heterocycles. The van der Waals surface area contributed by atoms with E-state index in [2.05, 4.69) is 29.2 Å². The number of nitrogens with zero attached hydrogens (tertiary/aromatic N) is 1. The number of nitrogens with one attached hydrogen (secondary N) is 1. The van der Waals surface area contributed by atoms with Gasteiger partial charge in [0.2, 0.25) is 0 Å². The molecule has 1 N–H and O–H groups in total. The number of hydrogen-bond acceptors (Lipinski definition) is 2. The first kappa shape index (κ1) is 8.75. The van der Waals surface area contributed by atoms with E-state index >= 15 is 0 Å². The zero-order valence-electron chi connectivity index (χ0n) is 7.90. The van der Waals surface area contributed by atoms with Crippen LogP contribution in [0.3, 0.4) is 0 Å². The summed E-state index contributed by atoms with van der Waals surface area (Å²) in [6.07, 6.45) is 6.72. The van der Waals surface area contributed by atoms with E-state index in [-0.39, 0.29) is 0 Å². The van der Waals surface area contributed by atoms with Crippen LogP contribution in [-0.2, 0) is 0 Å². The van der Waals surface area contributed by atoms with Crippen LogP contribution >= 0.6 is 0 Å². The van der Waals surface area contributed by atoms with Crippen molar-refractivity contribution < 1.29 is 0 Å². The van der Waals surface area contributed by atoms with Gasteiger partial charge in [-0.15, -0.1) is 6.58 Å². The highest BCUT2D eigenvalue weighted by atomic mass is 15.3. The largest absolute Gasteiger partial charge is 0.278 e. The van der Waals surface area contributed by atoms with Crippen LogP contribution in [0.1, 0.15) is 12.0 Å². The minimum Gasteiger partial charge on any atom is -0.278 e. The van der Waals surface area contributed by atoms with E-state index in [1.165, 1.54) is 0 Å². The second kappa shape index (κ2) is 3.92. The average molecular weight is 184 g/mol. The van der Waals surface area contributed by atoms with Crippen molar-refractivity contribution in [1.82, 2.24) is 0 Å². The molecule has 2 heteroatoms.